The fraction of sp³-hybridized carbons (Fsp3) is 0.412. The summed E-state index contributed by atoms with van der Waals surface area (Å²) in [5.74, 6) is -1.95. The number of benzene rings is 1. The van der Waals surface area contributed by atoms with E-state index in [4.69, 9.17) is 0 Å². The van der Waals surface area contributed by atoms with Crippen LogP contribution in [0.15, 0.2) is 42.5 Å². The van der Waals surface area contributed by atoms with Gasteiger partial charge in [0.1, 0.15) is 0 Å². The number of carboxylic acids is 1. The Kier molecular flexibility index (Phi) is 3.32. The Hall–Kier alpha value is -2.10. The molecule has 2 aliphatic carbocycles. The Bertz CT molecular complexity index is 595. The first kappa shape index (κ1) is 13.9. The molecule has 0 saturated heterocycles. The number of rotatable bonds is 4. The summed E-state index contributed by atoms with van der Waals surface area (Å²) in [6.07, 6.45) is 4.62. The SMILES string of the molecule is C[C@@]1(C(=O)[O-])[C@H]2C=C[C@H](C2)[C@@H]1C(=O)NCc1ccccc1. The van der Waals surface area contributed by atoms with Crippen LogP contribution in [-0.2, 0) is 16.1 Å². The molecule has 4 atom stereocenters. The van der Waals surface area contributed by atoms with E-state index in [1.54, 1.807) is 6.92 Å². The third-order valence-corrected chi connectivity index (χ3v) is 4.99. The lowest BCUT2D eigenvalue weighted by atomic mass is 9.69. The molecule has 4 nitrogen and oxygen atoms in total. The average Bonchev–Trinajstić information content (AvgIpc) is 3.05. The number of nitrogens with one attached hydrogen (secondary N) is 1. The van der Waals surface area contributed by atoms with Crippen LogP contribution < -0.4 is 10.4 Å². The predicted octanol–water partition coefficient (Wildman–Crippen LogP) is 0.881. The van der Waals surface area contributed by atoms with Crippen molar-refractivity contribution in [2.45, 2.75) is 19.9 Å². The maximum atomic E-state index is 12.5. The fourth-order valence-corrected chi connectivity index (χ4v) is 3.73. The van der Waals surface area contributed by atoms with Gasteiger partial charge in [0, 0.05) is 17.9 Å². The summed E-state index contributed by atoms with van der Waals surface area (Å²) < 4.78 is 0. The molecule has 4 heteroatoms. The van der Waals surface area contributed by atoms with E-state index in [9.17, 15) is 14.7 Å². The van der Waals surface area contributed by atoms with Gasteiger partial charge < -0.3 is 15.2 Å². The normalized spacial score (nSPS) is 33.1. The molecule has 1 fully saturated rings. The molecule has 0 aliphatic heterocycles. The molecule has 110 valence electrons. The molecule has 1 N–H and O–H groups in total. The molecule has 1 aromatic rings. The monoisotopic (exact) mass is 284 g/mol. The largest absolute Gasteiger partial charge is 0.550 e. The van der Waals surface area contributed by atoms with Crippen LogP contribution in [-0.4, -0.2) is 11.9 Å². The summed E-state index contributed by atoms with van der Waals surface area (Å²) in [6.45, 7) is 2.06. The number of amides is 1. The molecule has 0 unspecified atom stereocenters. The summed E-state index contributed by atoms with van der Waals surface area (Å²) in [6, 6.07) is 9.59. The van der Waals surface area contributed by atoms with Crippen LogP contribution in [0.25, 0.3) is 0 Å². The molecular formula is C17H18NO3-. The molecule has 0 radical (unpaired) electrons. The number of hydrogen-bond donors (Lipinski definition) is 1. The third-order valence-electron chi connectivity index (χ3n) is 4.99. The Morgan fingerprint density at radius 1 is 1.29 bits per heavy atom. The molecule has 0 aromatic heterocycles. The summed E-state index contributed by atoms with van der Waals surface area (Å²) in [5, 5.41) is 14.4. The van der Waals surface area contributed by atoms with Crippen molar-refractivity contribution in [3.8, 4) is 0 Å². The first-order valence-corrected chi connectivity index (χ1v) is 7.25. The molecule has 1 saturated carbocycles. The standard InChI is InChI=1S/C17H19NO3/c1-17(16(20)21)13-8-7-12(9-13)14(17)15(19)18-10-11-5-3-2-4-6-11/h2-8,12-14H,9-10H2,1H3,(H,18,19)(H,20,21)/p-1/t12-,13+,14-,17-/m1/s1. The lowest BCUT2D eigenvalue weighted by molar-refractivity contribution is -0.321. The van der Waals surface area contributed by atoms with Crippen LogP contribution in [0.5, 0.6) is 0 Å². The van der Waals surface area contributed by atoms with Gasteiger partial charge in [-0.2, -0.15) is 0 Å². The summed E-state index contributed by atoms with van der Waals surface area (Å²) >= 11 is 0. The van der Waals surface area contributed by atoms with Crippen molar-refractivity contribution in [2.24, 2.45) is 23.2 Å². The predicted molar refractivity (Wildman–Crippen MR) is 75.6 cm³/mol. The van der Waals surface area contributed by atoms with E-state index in [0.717, 1.165) is 12.0 Å². The topological polar surface area (TPSA) is 69.2 Å². The molecule has 2 bridgehead atoms. The van der Waals surface area contributed by atoms with Crippen molar-refractivity contribution < 1.29 is 14.7 Å². The van der Waals surface area contributed by atoms with E-state index in [1.165, 1.54) is 0 Å². The highest BCUT2D eigenvalue weighted by molar-refractivity contribution is 5.88. The molecule has 3 rings (SSSR count). The van der Waals surface area contributed by atoms with Gasteiger partial charge in [-0.3, -0.25) is 4.79 Å². The van der Waals surface area contributed by atoms with E-state index < -0.39 is 17.3 Å². The molecule has 0 spiro atoms. The van der Waals surface area contributed by atoms with E-state index >= 15 is 0 Å². The van der Waals surface area contributed by atoms with Crippen molar-refractivity contribution in [3.05, 3.63) is 48.0 Å². The quantitative estimate of drug-likeness (QED) is 0.835. The van der Waals surface area contributed by atoms with Crippen LogP contribution in [0, 0.1) is 23.2 Å². The number of carboxylic acid groups (broad SMARTS) is 1. The van der Waals surface area contributed by atoms with Gasteiger partial charge in [0.25, 0.3) is 0 Å². The second-order valence-corrected chi connectivity index (χ2v) is 6.14. The number of carbonyl (C=O) groups is 2. The van der Waals surface area contributed by atoms with Gasteiger partial charge >= 0.3 is 0 Å². The van der Waals surface area contributed by atoms with Crippen LogP contribution in [0.4, 0.5) is 0 Å². The zero-order chi connectivity index (χ0) is 15.0. The first-order valence-electron chi connectivity index (χ1n) is 7.25. The van der Waals surface area contributed by atoms with Gasteiger partial charge in [-0.05, 0) is 23.8 Å². The van der Waals surface area contributed by atoms with Crippen molar-refractivity contribution in [2.75, 3.05) is 0 Å². The summed E-state index contributed by atoms with van der Waals surface area (Å²) in [4.78, 5) is 24.1. The number of carbonyl (C=O) groups excluding carboxylic acids is 2. The van der Waals surface area contributed by atoms with Crippen LogP contribution in [0.3, 0.4) is 0 Å². The van der Waals surface area contributed by atoms with Crippen molar-refractivity contribution in [1.29, 1.82) is 0 Å². The van der Waals surface area contributed by atoms with Crippen molar-refractivity contribution in [3.63, 3.8) is 0 Å². The van der Waals surface area contributed by atoms with Crippen molar-refractivity contribution >= 4 is 11.9 Å². The second kappa shape index (κ2) is 5.02. The maximum Gasteiger partial charge on any atom is 0.224 e. The smallest absolute Gasteiger partial charge is 0.224 e. The Morgan fingerprint density at radius 2 is 2.00 bits per heavy atom. The van der Waals surface area contributed by atoms with Gasteiger partial charge in [-0.15, -0.1) is 0 Å². The fourth-order valence-electron chi connectivity index (χ4n) is 3.73. The number of hydrogen-bond acceptors (Lipinski definition) is 3. The second-order valence-electron chi connectivity index (χ2n) is 6.14. The Morgan fingerprint density at radius 3 is 2.67 bits per heavy atom. The minimum atomic E-state index is -1.13. The molecule has 0 heterocycles. The molecule has 1 aromatic carbocycles. The van der Waals surface area contributed by atoms with Crippen LogP contribution >= 0.6 is 0 Å². The van der Waals surface area contributed by atoms with E-state index in [1.807, 2.05) is 42.5 Å². The molecule has 2 aliphatic rings. The lowest BCUT2D eigenvalue weighted by Crippen LogP contribution is -2.52. The van der Waals surface area contributed by atoms with Gasteiger partial charge in [0.2, 0.25) is 5.91 Å². The molecule has 1 amide bonds. The highest BCUT2D eigenvalue weighted by atomic mass is 16.4. The minimum absolute atomic E-state index is 0.00803. The third kappa shape index (κ3) is 2.15. The maximum absolute atomic E-state index is 12.5. The van der Waals surface area contributed by atoms with Crippen LogP contribution in [0.1, 0.15) is 18.9 Å². The van der Waals surface area contributed by atoms with E-state index in [-0.39, 0.29) is 17.7 Å². The van der Waals surface area contributed by atoms with Crippen molar-refractivity contribution in [1.82, 2.24) is 5.32 Å². The van der Waals surface area contributed by atoms with Crippen LogP contribution in [0.2, 0.25) is 0 Å². The van der Waals surface area contributed by atoms with Gasteiger partial charge in [0.05, 0.1) is 5.92 Å². The Labute approximate surface area is 123 Å². The zero-order valence-electron chi connectivity index (χ0n) is 11.9. The first-order chi connectivity index (χ1) is 10.0. The Balaban J connectivity index is 1.75. The summed E-state index contributed by atoms with van der Waals surface area (Å²) in [5.41, 5.74) is -0.0973. The zero-order valence-corrected chi connectivity index (χ0v) is 11.9. The lowest BCUT2D eigenvalue weighted by Gasteiger charge is -2.38. The van der Waals surface area contributed by atoms with Gasteiger partial charge in [-0.25, -0.2) is 0 Å². The highest BCUT2D eigenvalue weighted by Crippen LogP contribution is 2.55. The van der Waals surface area contributed by atoms with Gasteiger partial charge in [-0.1, -0.05) is 49.4 Å². The number of aliphatic carboxylic acids is 1. The molecular weight excluding hydrogens is 266 g/mol. The average molecular weight is 284 g/mol. The van der Waals surface area contributed by atoms with E-state index in [2.05, 4.69) is 5.32 Å². The number of fused-ring (bicyclic) bond motifs is 2. The van der Waals surface area contributed by atoms with E-state index in [0.29, 0.717) is 6.54 Å². The van der Waals surface area contributed by atoms with Gasteiger partial charge in [0.15, 0.2) is 0 Å². The number of allylic oxidation sites excluding steroid dienone is 2. The molecule has 21 heavy (non-hydrogen) atoms. The minimum Gasteiger partial charge on any atom is -0.550 e. The summed E-state index contributed by atoms with van der Waals surface area (Å²) in [7, 11) is 0. The highest BCUT2D eigenvalue weighted by Gasteiger charge is 2.56.